The van der Waals surface area contributed by atoms with Gasteiger partial charge in [0.25, 0.3) is 0 Å². The first-order valence-corrected chi connectivity index (χ1v) is 11.4. The van der Waals surface area contributed by atoms with Crippen molar-refractivity contribution in [2.75, 3.05) is 0 Å². The van der Waals surface area contributed by atoms with Crippen LogP contribution < -0.4 is 3.44 Å². The molecule has 0 spiro atoms. The van der Waals surface area contributed by atoms with E-state index in [1.54, 1.807) is 19.9 Å². The van der Waals surface area contributed by atoms with E-state index < -0.39 is 32.8 Å². The molecule has 0 amide bonds. The fraction of sp³-hybridized carbons (Fsp3) is 0.278. The fourth-order valence-electron chi connectivity index (χ4n) is 2.74. The van der Waals surface area contributed by atoms with Crippen molar-refractivity contribution in [3.63, 3.8) is 0 Å². The summed E-state index contributed by atoms with van der Waals surface area (Å²) < 4.78 is 55.4. The van der Waals surface area contributed by atoms with Crippen molar-refractivity contribution in [1.82, 2.24) is 0 Å². The summed E-state index contributed by atoms with van der Waals surface area (Å²) in [5.41, 5.74) is 4.84. The number of alkyl halides is 3. The zero-order valence-electron chi connectivity index (χ0n) is 14.4. The Kier molecular flexibility index (Phi) is 6.60. The van der Waals surface area contributed by atoms with Gasteiger partial charge < -0.3 is 0 Å². The van der Waals surface area contributed by atoms with Gasteiger partial charge in [0, 0.05) is 0 Å². The maximum absolute atomic E-state index is 12.6. The molecule has 0 N–H and O–H groups in total. The van der Waals surface area contributed by atoms with E-state index in [0.29, 0.717) is 5.56 Å². The van der Waals surface area contributed by atoms with Crippen molar-refractivity contribution in [3.05, 3.63) is 53.7 Å². The molecule has 0 atom stereocenters. The predicted octanol–water partition coefficient (Wildman–Crippen LogP) is 5.16. The molecule has 0 fully saturated rings. The van der Waals surface area contributed by atoms with Crippen LogP contribution in [-0.2, 0) is 7.86 Å². The second-order valence-electron chi connectivity index (χ2n) is 5.96. The Labute approximate surface area is 171 Å². The van der Waals surface area contributed by atoms with Crippen LogP contribution in [-0.4, -0.2) is 12.1 Å². The number of aryl methyl sites for hydroxylation is 4. The van der Waals surface area contributed by atoms with E-state index in [0.717, 1.165) is 31.4 Å². The summed E-state index contributed by atoms with van der Waals surface area (Å²) in [7, 11) is 0. The van der Waals surface area contributed by atoms with Gasteiger partial charge in [-0.2, -0.15) is 0 Å². The molecule has 0 aromatic heterocycles. The van der Waals surface area contributed by atoms with Crippen LogP contribution in [0.1, 0.15) is 22.3 Å². The van der Waals surface area contributed by atoms with Crippen LogP contribution in [0.2, 0.25) is 0 Å². The van der Waals surface area contributed by atoms with Gasteiger partial charge in [-0.15, -0.1) is 0 Å². The molecule has 3 nitrogen and oxygen atoms in total. The summed E-state index contributed by atoms with van der Waals surface area (Å²) in [6.07, 6.45) is -5.17. The first-order valence-electron chi connectivity index (χ1n) is 7.47. The van der Waals surface area contributed by atoms with Crippen molar-refractivity contribution in [1.29, 1.82) is 0 Å². The molecule has 26 heavy (non-hydrogen) atoms. The molecule has 0 saturated carbocycles. The number of carbonyl (C=O) groups is 1. The van der Waals surface area contributed by atoms with E-state index in [4.69, 9.17) is 0 Å². The molecule has 0 aliphatic heterocycles. The molecule has 0 unspecified atom stereocenters. The molecule has 2 aromatic carbocycles. The first-order chi connectivity index (χ1) is 11.9. The molecular formula is C18H16F3I2O3-. The van der Waals surface area contributed by atoms with Gasteiger partial charge in [0.2, 0.25) is 0 Å². The Bertz CT molecular complexity index is 840. The Balaban J connectivity index is 2.64. The first kappa shape index (κ1) is 21.4. The third-order valence-corrected chi connectivity index (χ3v) is 7.10. The Hall–Kier alpha value is -0.880. The van der Waals surface area contributed by atoms with E-state index in [2.05, 4.69) is 25.7 Å². The van der Waals surface area contributed by atoms with Crippen molar-refractivity contribution < 1.29 is 24.5 Å². The van der Waals surface area contributed by atoms with Gasteiger partial charge in [-0.05, 0) is 0 Å². The standard InChI is InChI=1S/C18H16F3I2O3/c1-9-5-11(3)15(13(22)7-9)16-12(4)6-10(2)8-14(16)23(25)26-17(24)18(19,20)21/h5-8H,1-4H3/q-1. The fourth-order valence-corrected chi connectivity index (χ4v) is 6.65. The Morgan fingerprint density at radius 1 is 1.00 bits per heavy atom. The van der Waals surface area contributed by atoms with E-state index in [-0.39, 0.29) is 3.57 Å². The van der Waals surface area contributed by atoms with Crippen LogP contribution in [0, 0.1) is 34.8 Å². The van der Waals surface area contributed by atoms with Crippen LogP contribution in [0.3, 0.4) is 0 Å². The second kappa shape index (κ2) is 8.01. The summed E-state index contributed by atoms with van der Waals surface area (Å²) in [5.74, 6) is -2.42. The molecule has 2 rings (SSSR count). The summed E-state index contributed by atoms with van der Waals surface area (Å²) in [6, 6.07) is 7.30. The molecule has 2 aromatic rings. The van der Waals surface area contributed by atoms with Crippen LogP contribution in [0.25, 0.3) is 11.1 Å². The SMILES string of the molecule is Cc1cc(C)c(-c2c(C)cc(C)cc2I([O-])OC(=O)C(F)(F)F)c(I)c1. The van der Waals surface area contributed by atoms with E-state index >= 15 is 0 Å². The van der Waals surface area contributed by atoms with Gasteiger partial charge >= 0.3 is 172 Å². The van der Waals surface area contributed by atoms with Gasteiger partial charge in [-0.25, -0.2) is 0 Å². The summed E-state index contributed by atoms with van der Waals surface area (Å²) >= 11 is -1.92. The minimum absolute atomic E-state index is 0.175. The topological polar surface area (TPSA) is 49.4 Å². The predicted molar refractivity (Wildman–Crippen MR) is 108 cm³/mol. The molecule has 0 aliphatic carbocycles. The zero-order chi connectivity index (χ0) is 19.8. The second-order valence-corrected chi connectivity index (χ2v) is 9.96. The van der Waals surface area contributed by atoms with E-state index in [1.807, 2.05) is 32.0 Å². The van der Waals surface area contributed by atoms with Crippen LogP contribution in [0.4, 0.5) is 13.2 Å². The molecular weight excluding hydrogens is 575 g/mol. The number of hydrogen-bond donors (Lipinski definition) is 0. The summed E-state index contributed by atoms with van der Waals surface area (Å²) in [5, 5.41) is 0. The average molecular weight is 591 g/mol. The molecule has 0 radical (unpaired) electrons. The van der Waals surface area contributed by atoms with Gasteiger partial charge in [0.1, 0.15) is 0 Å². The molecule has 0 heterocycles. The number of carbonyl (C=O) groups excluding carboxylic acids is 1. The molecule has 0 aliphatic rings. The number of halogens is 5. The molecule has 142 valence electrons. The number of rotatable bonds is 3. The van der Waals surface area contributed by atoms with E-state index in [1.165, 1.54) is 0 Å². The minimum atomic E-state index is -5.17. The maximum atomic E-state index is 12.6. The third-order valence-electron chi connectivity index (χ3n) is 3.65. The quantitative estimate of drug-likeness (QED) is 0.464. The van der Waals surface area contributed by atoms with Crippen molar-refractivity contribution in [2.45, 2.75) is 33.9 Å². The molecule has 0 bridgehead atoms. The van der Waals surface area contributed by atoms with Crippen LogP contribution in [0.15, 0.2) is 24.3 Å². The van der Waals surface area contributed by atoms with Gasteiger partial charge in [0.05, 0.1) is 0 Å². The van der Waals surface area contributed by atoms with E-state index in [9.17, 15) is 21.4 Å². The summed E-state index contributed by atoms with van der Waals surface area (Å²) in [6.45, 7) is 7.39. The number of hydrogen-bond acceptors (Lipinski definition) is 3. The zero-order valence-corrected chi connectivity index (χ0v) is 18.7. The third kappa shape index (κ3) is 4.69. The monoisotopic (exact) mass is 591 g/mol. The normalized spacial score (nSPS) is 12.1. The van der Waals surface area contributed by atoms with Crippen molar-refractivity contribution in [2.24, 2.45) is 0 Å². The summed E-state index contributed by atoms with van der Waals surface area (Å²) in [4.78, 5) is 11.1. The molecule has 8 heteroatoms. The Morgan fingerprint density at radius 2 is 1.50 bits per heavy atom. The Morgan fingerprint density at radius 3 is 2.00 bits per heavy atom. The average Bonchev–Trinajstić information content (AvgIpc) is 2.46. The van der Waals surface area contributed by atoms with Gasteiger partial charge in [0.15, 0.2) is 0 Å². The van der Waals surface area contributed by atoms with Crippen LogP contribution in [0.5, 0.6) is 0 Å². The van der Waals surface area contributed by atoms with Gasteiger partial charge in [-0.1, -0.05) is 0 Å². The van der Waals surface area contributed by atoms with Crippen molar-refractivity contribution in [3.8, 4) is 11.1 Å². The molecule has 0 saturated heterocycles. The number of benzene rings is 2. The van der Waals surface area contributed by atoms with Crippen molar-refractivity contribution >= 4 is 49.2 Å². The van der Waals surface area contributed by atoms with Gasteiger partial charge in [-0.3, -0.25) is 0 Å². The van der Waals surface area contributed by atoms with Crippen LogP contribution >= 0.6 is 43.2 Å².